The van der Waals surface area contributed by atoms with Crippen LogP contribution in [0.5, 0.6) is 0 Å². The number of carbonyl (C=O) groups is 2. The highest BCUT2D eigenvalue weighted by atomic mass is 32.1. The van der Waals surface area contributed by atoms with Crippen LogP contribution in [-0.2, 0) is 17.7 Å². The Morgan fingerprint density at radius 2 is 1.78 bits per heavy atom. The van der Waals surface area contributed by atoms with E-state index in [0.29, 0.717) is 12.0 Å². The molecule has 0 atom stereocenters. The Hall–Kier alpha value is -3.99. The molecule has 10 nitrogen and oxygen atoms in total. The Kier molecular flexibility index (Phi) is 7.00. The zero-order valence-electron chi connectivity index (χ0n) is 16.9. The van der Waals surface area contributed by atoms with Gasteiger partial charge in [-0.3, -0.25) is 25.0 Å². The summed E-state index contributed by atoms with van der Waals surface area (Å²) >= 11 is 1.41. The van der Waals surface area contributed by atoms with Crippen molar-refractivity contribution in [3.63, 3.8) is 0 Å². The van der Waals surface area contributed by atoms with E-state index in [4.69, 9.17) is 4.74 Å². The van der Waals surface area contributed by atoms with E-state index in [1.165, 1.54) is 11.3 Å². The largest absolute Gasteiger partial charge is 0.462 e. The summed E-state index contributed by atoms with van der Waals surface area (Å²) in [6.07, 6.45) is 0.357. The average Bonchev–Trinajstić information content (AvgIpc) is 3.12. The second-order valence-electron chi connectivity index (χ2n) is 6.75. The van der Waals surface area contributed by atoms with E-state index in [1.54, 1.807) is 24.3 Å². The summed E-state index contributed by atoms with van der Waals surface area (Å²) in [4.78, 5) is 45.9. The van der Waals surface area contributed by atoms with E-state index in [2.05, 4.69) is 0 Å². The molecule has 0 N–H and O–H groups in total. The molecular formula is C21H18N3O7S+. The number of hydrogen-bond acceptors (Lipinski definition) is 8. The highest BCUT2D eigenvalue weighted by Crippen LogP contribution is 2.25. The number of hydrogen-bond donors (Lipinski definition) is 0. The molecular weight excluding hydrogens is 438 g/mol. The van der Waals surface area contributed by atoms with E-state index in [0.717, 1.165) is 28.8 Å². The van der Waals surface area contributed by atoms with E-state index < -0.39 is 27.2 Å². The Bertz CT molecular complexity index is 1190. The number of nitrogens with zero attached hydrogens (tertiary/aromatic N) is 3. The summed E-state index contributed by atoms with van der Waals surface area (Å²) in [5, 5.41) is 22.0. The average molecular weight is 456 g/mol. The van der Waals surface area contributed by atoms with E-state index in [1.807, 2.05) is 23.1 Å². The first-order chi connectivity index (χ1) is 15.3. The van der Waals surface area contributed by atoms with Gasteiger partial charge < -0.3 is 4.74 Å². The lowest BCUT2D eigenvalue weighted by atomic mass is 10.1. The van der Waals surface area contributed by atoms with Gasteiger partial charge in [-0.15, -0.1) is 0 Å². The van der Waals surface area contributed by atoms with Crippen LogP contribution in [0.2, 0.25) is 0 Å². The van der Waals surface area contributed by atoms with Crippen LogP contribution in [0, 0.1) is 27.2 Å². The van der Waals surface area contributed by atoms with Crippen LogP contribution >= 0.6 is 11.3 Å². The number of nitro benzene ring substituents is 2. The zero-order chi connectivity index (χ0) is 23.3. The summed E-state index contributed by atoms with van der Waals surface area (Å²) in [5.74, 6) is -0.965. The lowest BCUT2D eigenvalue weighted by molar-refractivity contribution is -0.684. The van der Waals surface area contributed by atoms with Crippen molar-refractivity contribution in [1.82, 2.24) is 0 Å². The molecule has 11 heteroatoms. The maximum absolute atomic E-state index is 12.4. The second-order valence-corrected chi connectivity index (χ2v) is 7.69. The molecule has 0 radical (unpaired) electrons. The van der Waals surface area contributed by atoms with Crippen molar-refractivity contribution in [2.24, 2.45) is 0 Å². The highest BCUT2D eigenvalue weighted by molar-refractivity contribution is 7.09. The minimum atomic E-state index is -0.937. The van der Waals surface area contributed by atoms with Gasteiger partial charge in [0.1, 0.15) is 5.56 Å². The van der Waals surface area contributed by atoms with Crippen molar-refractivity contribution in [2.45, 2.75) is 19.9 Å². The predicted octanol–water partition coefficient (Wildman–Crippen LogP) is 3.44. The number of carbonyl (C=O) groups excluding carboxylic acids is 2. The van der Waals surface area contributed by atoms with Gasteiger partial charge in [0, 0.05) is 25.0 Å². The molecule has 0 bridgehead atoms. The first-order valence-electron chi connectivity index (χ1n) is 9.42. The summed E-state index contributed by atoms with van der Waals surface area (Å²) in [7, 11) is 0. The van der Waals surface area contributed by atoms with Crippen molar-refractivity contribution in [1.29, 1.82) is 0 Å². The number of ketones is 1. The third-order valence-electron chi connectivity index (χ3n) is 4.74. The Balaban J connectivity index is 1.62. The number of thiazole rings is 1. The maximum Gasteiger partial charge on any atom is 0.345 e. The molecule has 0 aliphatic rings. The summed E-state index contributed by atoms with van der Waals surface area (Å²) in [6.45, 7) is 2.00. The zero-order valence-corrected chi connectivity index (χ0v) is 17.7. The number of benzene rings is 2. The number of nitro groups is 2. The molecule has 3 rings (SSSR count). The van der Waals surface area contributed by atoms with Crippen LogP contribution in [0.15, 0.2) is 54.0 Å². The van der Waals surface area contributed by atoms with Crippen LogP contribution in [0.1, 0.15) is 31.3 Å². The van der Waals surface area contributed by atoms with Gasteiger partial charge in [-0.2, -0.15) is 4.57 Å². The molecule has 0 aliphatic heterocycles. The molecule has 0 fully saturated rings. The second kappa shape index (κ2) is 9.88. The molecule has 0 aliphatic carbocycles. The van der Waals surface area contributed by atoms with E-state index in [-0.39, 0.29) is 24.5 Å². The third kappa shape index (κ3) is 5.19. The van der Waals surface area contributed by atoms with Gasteiger partial charge in [0.2, 0.25) is 17.8 Å². The molecule has 1 heterocycles. The minimum absolute atomic E-state index is 0.0278. The van der Waals surface area contributed by atoms with Gasteiger partial charge in [0.15, 0.2) is 5.69 Å². The lowest BCUT2D eigenvalue weighted by Crippen LogP contribution is -2.38. The molecule has 1 aromatic heterocycles. The fraction of sp³-hybridized carbons (Fsp3) is 0.190. The number of ether oxygens (including phenoxy) is 1. The van der Waals surface area contributed by atoms with Crippen LogP contribution < -0.4 is 4.57 Å². The van der Waals surface area contributed by atoms with Crippen molar-refractivity contribution in [3.05, 3.63) is 96.0 Å². The fourth-order valence-electron chi connectivity index (χ4n) is 2.99. The molecule has 0 unspecified atom stereocenters. The molecule has 32 heavy (non-hydrogen) atoms. The SMILES string of the molecule is Cc1c(CCOC(=O)c2ccc([N+](=O)[O-])cc2[N+](=O)[O-])sc[n+]1CC(=O)c1ccccc1. The van der Waals surface area contributed by atoms with Gasteiger partial charge in [-0.25, -0.2) is 4.79 Å². The normalized spacial score (nSPS) is 10.5. The van der Waals surface area contributed by atoms with Gasteiger partial charge in [-0.1, -0.05) is 41.7 Å². The number of rotatable bonds is 9. The van der Waals surface area contributed by atoms with Crippen molar-refractivity contribution >= 4 is 34.5 Å². The molecule has 0 saturated heterocycles. The Labute approximate surface area is 186 Å². The fourth-order valence-corrected chi connectivity index (χ4v) is 3.97. The molecule has 164 valence electrons. The standard InChI is InChI=1S/C21H18N3O7S/c1-14-20(32-13-22(14)12-19(25)15-5-3-2-4-6-15)9-10-31-21(26)17-8-7-16(23(27)28)11-18(17)24(29)30/h2-8,11,13H,9-10,12H2,1H3/q+1. The Morgan fingerprint density at radius 1 is 1.06 bits per heavy atom. The Morgan fingerprint density at radius 3 is 2.44 bits per heavy atom. The first kappa shape index (κ1) is 22.7. The molecule has 0 saturated carbocycles. The maximum atomic E-state index is 12.4. The van der Waals surface area contributed by atoms with E-state index in [9.17, 15) is 29.8 Å². The summed E-state index contributed by atoms with van der Waals surface area (Å²) < 4.78 is 6.97. The molecule has 0 amide bonds. The minimum Gasteiger partial charge on any atom is -0.462 e. The number of non-ortho nitro benzene ring substituents is 1. The summed E-state index contributed by atoms with van der Waals surface area (Å²) in [5.41, 5.74) is 1.76. The number of esters is 1. The topological polar surface area (TPSA) is 134 Å². The smallest absolute Gasteiger partial charge is 0.345 e. The number of aromatic nitrogens is 1. The quantitative estimate of drug-likeness (QED) is 0.158. The first-order valence-corrected chi connectivity index (χ1v) is 10.3. The lowest BCUT2D eigenvalue weighted by Gasteiger charge is -2.05. The highest BCUT2D eigenvalue weighted by Gasteiger charge is 2.25. The number of Topliss-reactive ketones (excluding diaryl/α,β-unsaturated/α-hetero) is 1. The third-order valence-corrected chi connectivity index (χ3v) is 5.88. The van der Waals surface area contributed by atoms with Crippen LogP contribution in [-0.4, -0.2) is 28.2 Å². The summed E-state index contributed by atoms with van der Waals surface area (Å²) in [6, 6.07) is 11.7. The molecule has 2 aromatic carbocycles. The molecule has 3 aromatic rings. The van der Waals surface area contributed by atoms with Gasteiger partial charge in [0.25, 0.3) is 11.4 Å². The van der Waals surface area contributed by atoms with Crippen molar-refractivity contribution in [2.75, 3.05) is 6.61 Å². The monoisotopic (exact) mass is 456 g/mol. The van der Waals surface area contributed by atoms with Crippen molar-refractivity contribution < 1.29 is 28.7 Å². The van der Waals surface area contributed by atoms with Gasteiger partial charge in [0.05, 0.1) is 27.4 Å². The van der Waals surface area contributed by atoms with Crippen molar-refractivity contribution in [3.8, 4) is 0 Å². The van der Waals surface area contributed by atoms with Gasteiger partial charge in [-0.05, 0) is 6.07 Å². The van der Waals surface area contributed by atoms with Gasteiger partial charge >= 0.3 is 5.97 Å². The predicted molar refractivity (Wildman–Crippen MR) is 114 cm³/mol. The van der Waals surface area contributed by atoms with Crippen LogP contribution in [0.4, 0.5) is 11.4 Å². The van der Waals surface area contributed by atoms with Crippen LogP contribution in [0.3, 0.4) is 0 Å². The van der Waals surface area contributed by atoms with E-state index >= 15 is 0 Å². The molecule has 0 spiro atoms. The van der Waals surface area contributed by atoms with Crippen LogP contribution in [0.25, 0.3) is 0 Å².